The molecule has 0 radical (unpaired) electrons. The van der Waals surface area contributed by atoms with Gasteiger partial charge < -0.3 is 20.4 Å². The Morgan fingerprint density at radius 3 is 1.11 bits per heavy atom. The summed E-state index contributed by atoms with van der Waals surface area (Å²) >= 11 is 0. The molecule has 0 fully saturated rings. The molecule has 11 heteroatoms. The summed E-state index contributed by atoms with van der Waals surface area (Å²) in [4.78, 5) is 25.9. The maximum absolute atomic E-state index is 13.0. The molecule has 0 aliphatic carbocycles. The van der Waals surface area contributed by atoms with Crippen molar-refractivity contribution < 1.29 is 94.3 Å². The summed E-state index contributed by atoms with van der Waals surface area (Å²) in [6.07, 6.45) is 36.7. The normalized spacial score (nSPS) is 12.8. The van der Waals surface area contributed by atoms with Gasteiger partial charge in [0, 0.05) is 12.8 Å². The van der Waals surface area contributed by atoms with E-state index in [1.807, 2.05) is 60.7 Å². The van der Waals surface area contributed by atoms with Crippen LogP contribution in [0.15, 0.2) is 60.7 Å². The number of hydrogen-bond donors (Lipinski definition) is 1. The van der Waals surface area contributed by atoms with E-state index in [2.05, 4.69) is 13.8 Å². The quantitative estimate of drug-likeness (QED) is 0.0299. The molecule has 9 nitrogen and oxygen atoms in total. The van der Waals surface area contributed by atoms with Crippen molar-refractivity contribution in [2.75, 3.05) is 13.2 Å². The van der Waals surface area contributed by atoms with Crippen LogP contribution in [0.1, 0.15) is 227 Å². The molecule has 0 saturated heterocycles. The number of ether oxygens (including phenoxy) is 4. The largest absolute Gasteiger partial charge is 1.00 e. The van der Waals surface area contributed by atoms with Crippen molar-refractivity contribution in [2.24, 2.45) is 0 Å². The van der Waals surface area contributed by atoms with Gasteiger partial charge in [-0.2, -0.15) is 8.42 Å². The first kappa shape index (κ1) is 61.5. The van der Waals surface area contributed by atoms with E-state index in [0.717, 1.165) is 50.7 Å². The first-order chi connectivity index (χ1) is 31.2. The molecule has 0 spiro atoms. The van der Waals surface area contributed by atoms with E-state index in [4.69, 9.17) is 18.9 Å². The second-order valence-corrected chi connectivity index (χ2v) is 19.6. The Balaban J connectivity index is 0.0000211. The standard InChI is InChI=1S/C54H90O9S.K.H/c1-3-5-7-9-11-13-15-17-19-21-23-25-27-31-41-50(62-48-37-33-29-34-38-48)43-45-60-53(55)47-52(64(57,58)59)54(56)61-46-44-51(63-49-39-35-30-36-40-49)42-32-28-26-24-22-20-18-16-14-12-10-8-6-4-2;;/h29-30,33-40,50-52H,3-28,31-32,41-47H2,1-2H3,(H,57,58,59);;/q;+1;-1. The molecular weight excluding hydrogens is 864 g/mol. The van der Waals surface area contributed by atoms with Crippen molar-refractivity contribution in [3.63, 3.8) is 0 Å². The number of para-hydroxylation sites is 2. The molecule has 0 bridgehead atoms. The minimum absolute atomic E-state index is 0. The van der Waals surface area contributed by atoms with Gasteiger partial charge in [-0.25, -0.2) is 0 Å². The maximum Gasteiger partial charge on any atom is 1.00 e. The van der Waals surface area contributed by atoms with Gasteiger partial charge >= 0.3 is 63.3 Å². The third kappa shape index (κ3) is 35.3. The van der Waals surface area contributed by atoms with Gasteiger partial charge in [0.15, 0.2) is 5.25 Å². The Bertz CT molecular complexity index is 1500. The Morgan fingerprint density at radius 1 is 0.477 bits per heavy atom. The van der Waals surface area contributed by atoms with Crippen LogP contribution >= 0.6 is 0 Å². The predicted molar refractivity (Wildman–Crippen MR) is 264 cm³/mol. The van der Waals surface area contributed by atoms with E-state index in [1.54, 1.807) is 0 Å². The first-order valence-electron chi connectivity index (χ1n) is 25.9. The van der Waals surface area contributed by atoms with E-state index < -0.39 is 33.7 Å². The molecule has 65 heavy (non-hydrogen) atoms. The number of benzene rings is 2. The Hall–Kier alpha value is -1.47. The van der Waals surface area contributed by atoms with Crippen molar-refractivity contribution in [3.8, 4) is 11.5 Å². The molecular formula is C54H91KO9S. The van der Waals surface area contributed by atoms with Crippen LogP contribution in [0.25, 0.3) is 0 Å². The van der Waals surface area contributed by atoms with Crippen LogP contribution in [0, 0.1) is 0 Å². The first-order valence-corrected chi connectivity index (χ1v) is 27.4. The average Bonchev–Trinajstić information content (AvgIpc) is 3.28. The van der Waals surface area contributed by atoms with Gasteiger partial charge in [-0.1, -0.05) is 217 Å². The fraction of sp³-hybridized carbons (Fsp3) is 0.741. The molecule has 2 aromatic carbocycles. The molecule has 0 aliphatic heterocycles. The summed E-state index contributed by atoms with van der Waals surface area (Å²) in [6.45, 7) is 4.39. The van der Waals surface area contributed by atoms with Crippen LogP contribution in [0.4, 0.5) is 0 Å². The fourth-order valence-corrected chi connectivity index (χ4v) is 8.91. The van der Waals surface area contributed by atoms with Crippen molar-refractivity contribution in [1.82, 2.24) is 0 Å². The van der Waals surface area contributed by atoms with Crippen molar-refractivity contribution in [3.05, 3.63) is 60.7 Å². The second kappa shape index (κ2) is 42.6. The zero-order valence-electron chi connectivity index (χ0n) is 42.4. The number of esters is 2. The molecule has 0 saturated carbocycles. The fourth-order valence-electron chi connectivity index (χ4n) is 8.25. The van der Waals surface area contributed by atoms with Crippen molar-refractivity contribution in [1.29, 1.82) is 0 Å². The zero-order chi connectivity index (χ0) is 46.2. The molecule has 2 rings (SSSR count). The topological polar surface area (TPSA) is 125 Å². The number of carbonyl (C=O) groups excluding carboxylic acids is 2. The van der Waals surface area contributed by atoms with Crippen LogP contribution in [-0.4, -0.2) is 55.6 Å². The number of hydrogen-bond acceptors (Lipinski definition) is 8. The molecule has 1 N–H and O–H groups in total. The molecule has 0 aromatic heterocycles. The molecule has 0 amide bonds. The monoisotopic (exact) mass is 955 g/mol. The molecule has 0 heterocycles. The number of carbonyl (C=O) groups is 2. The minimum atomic E-state index is -4.94. The second-order valence-electron chi connectivity index (χ2n) is 18.0. The van der Waals surface area contributed by atoms with Gasteiger partial charge in [0.1, 0.15) is 23.7 Å². The van der Waals surface area contributed by atoms with Gasteiger partial charge in [0.05, 0.1) is 19.6 Å². The molecule has 3 atom stereocenters. The minimum Gasteiger partial charge on any atom is -1.00 e. The number of rotatable bonds is 44. The summed E-state index contributed by atoms with van der Waals surface area (Å²) < 4.78 is 57.8. The SMILES string of the molecule is CCCCCCCCCCCCCCCCC(CCOC(=O)CC(C(=O)OCCC(CCCCCCCCCCCCCCCC)Oc1ccccc1)S(=O)(=O)O)Oc1ccccc1.[H-].[K+]. The van der Waals surface area contributed by atoms with E-state index in [0.29, 0.717) is 18.6 Å². The molecule has 0 aliphatic rings. The molecule has 368 valence electrons. The van der Waals surface area contributed by atoms with Gasteiger partial charge in [0.2, 0.25) is 0 Å². The summed E-state index contributed by atoms with van der Waals surface area (Å²) in [5.74, 6) is -0.650. The summed E-state index contributed by atoms with van der Waals surface area (Å²) in [6, 6.07) is 19.0. The van der Waals surface area contributed by atoms with E-state index in [1.165, 1.54) is 148 Å². The van der Waals surface area contributed by atoms with Gasteiger partial charge in [-0.15, -0.1) is 0 Å². The van der Waals surface area contributed by atoms with Crippen LogP contribution in [-0.2, 0) is 29.2 Å². The molecule has 3 unspecified atom stereocenters. The average molecular weight is 955 g/mol. The van der Waals surface area contributed by atoms with Gasteiger partial charge in [-0.3, -0.25) is 14.1 Å². The van der Waals surface area contributed by atoms with Crippen molar-refractivity contribution in [2.45, 2.75) is 243 Å². The van der Waals surface area contributed by atoms with Crippen LogP contribution in [0.3, 0.4) is 0 Å². The smallest absolute Gasteiger partial charge is 1.00 e. The van der Waals surface area contributed by atoms with Crippen molar-refractivity contribution >= 4 is 22.1 Å². The Kier molecular flexibility index (Phi) is 40.3. The summed E-state index contributed by atoms with van der Waals surface area (Å²) in [5, 5.41) is -2.08. The third-order valence-corrected chi connectivity index (χ3v) is 13.3. The number of unbranched alkanes of at least 4 members (excludes halogenated alkanes) is 26. The third-order valence-electron chi connectivity index (χ3n) is 12.2. The molecule has 2 aromatic rings. The van der Waals surface area contributed by atoms with Crippen LogP contribution < -0.4 is 60.9 Å². The predicted octanol–water partition coefficient (Wildman–Crippen LogP) is 12.3. The zero-order valence-corrected chi connectivity index (χ0v) is 45.3. The van der Waals surface area contributed by atoms with E-state index in [-0.39, 0.29) is 78.2 Å². The van der Waals surface area contributed by atoms with Crippen LogP contribution in [0.2, 0.25) is 0 Å². The van der Waals surface area contributed by atoms with E-state index in [9.17, 15) is 22.6 Å². The maximum atomic E-state index is 13.0. The Morgan fingerprint density at radius 2 is 0.785 bits per heavy atom. The summed E-state index contributed by atoms with van der Waals surface area (Å²) in [5.41, 5.74) is 0. The summed E-state index contributed by atoms with van der Waals surface area (Å²) in [7, 11) is -4.94. The van der Waals surface area contributed by atoms with Gasteiger partial charge in [-0.05, 0) is 49.9 Å². The van der Waals surface area contributed by atoms with E-state index >= 15 is 0 Å². The van der Waals surface area contributed by atoms with Crippen LogP contribution in [0.5, 0.6) is 11.5 Å². The Labute approximate surface area is 441 Å². The van der Waals surface area contributed by atoms with Gasteiger partial charge in [0.25, 0.3) is 10.1 Å².